The van der Waals surface area contributed by atoms with E-state index in [-0.39, 0.29) is 18.1 Å². The third-order valence-corrected chi connectivity index (χ3v) is 5.87. The van der Waals surface area contributed by atoms with Gasteiger partial charge in [0.15, 0.2) is 0 Å². The van der Waals surface area contributed by atoms with Crippen LogP contribution in [0.5, 0.6) is 0 Å². The minimum Gasteiger partial charge on any atom is -0.358 e. The van der Waals surface area contributed by atoms with Crippen molar-refractivity contribution in [3.8, 4) is 0 Å². The molecule has 160 valence electrons. The van der Waals surface area contributed by atoms with Crippen LogP contribution in [0.25, 0.3) is 16.7 Å². The summed E-state index contributed by atoms with van der Waals surface area (Å²) in [7, 11) is 0. The number of aryl methyl sites for hydroxylation is 2. The first-order chi connectivity index (χ1) is 14.7. The van der Waals surface area contributed by atoms with Crippen LogP contribution in [-0.2, 0) is 30.4 Å². The Morgan fingerprint density at radius 1 is 1.19 bits per heavy atom. The van der Waals surface area contributed by atoms with Gasteiger partial charge in [-0.15, -0.1) is 5.10 Å². The molecule has 0 fully saturated rings. The highest BCUT2D eigenvalue weighted by molar-refractivity contribution is 5.86. The molecule has 7 nitrogen and oxygen atoms in total. The molecule has 0 spiro atoms. The molecule has 4 heterocycles. The number of aromatic amines is 1. The third kappa shape index (κ3) is 3.22. The summed E-state index contributed by atoms with van der Waals surface area (Å²) in [6.45, 7) is 4.38. The van der Waals surface area contributed by atoms with Gasteiger partial charge in [0.1, 0.15) is 0 Å². The fourth-order valence-corrected chi connectivity index (χ4v) is 4.23. The highest BCUT2D eigenvalue weighted by Crippen LogP contribution is 2.29. The molecular formula is C21H19F3N6O. The predicted molar refractivity (Wildman–Crippen MR) is 106 cm³/mol. The summed E-state index contributed by atoms with van der Waals surface area (Å²) in [6.07, 6.45) is -3.89. The van der Waals surface area contributed by atoms with Crippen LogP contribution in [0.3, 0.4) is 0 Å². The number of hydrogen-bond acceptors (Lipinski definition) is 4. The fourth-order valence-electron chi connectivity index (χ4n) is 4.23. The lowest BCUT2D eigenvalue weighted by Crippen LogP contribution is -2.37. The molecule has 3 aromatic heterocycles. The monoisotopic (exact) mass is 428 g/mol. The largest absolute Gasteiger partial charge is 0.453 e. The molecular weight excluding hydrogens is 409 g/mol. The summed E-state index contributed by atoms with van der Waals surface area (Å²) >= 11 is 0. The molecule has 0 unspecified atom stereocenters. The van der Waals surface area contributed by atoms with Crippen LogP contribution >= 0.6 is 0 Å². The van der Waals surface area contributed by atoms with E-state index < -0.39 is 12.0 Å². The molecule has 1 N–H and O–H groups in total. The van der Waals surface area contributed by atoms with Gasteiger partial charge in [0.05, 0.1) is 6.42 Å². The van der Waals surface area contributed by atoms with Crippen molar-refractivity contribution in [2.45, 2.75) is 39.4 Å². The van der Waals surface area contributed by atoms with Crippen molar-refractivity contribution >= 4 is 22.6 Å². The molecule has 1 amide bonds. The van der Waals surface area contributed by atoms with E-state index in [4.69, 9.17) is 0 Å². The number of amides is 1. The van der Waals surface area contributed by atoms with E-state index in [1.54, 1.807) is 18.7 Å². The van der Waals surface area contributed by atoms with E-state index in [0.717, 1.165) is 33.1 Å². The average molecular weight is 428 g/mol. The van der Waals surface area contributed by atoms with Gasteiger partial charge in [0.25, 0.3) is 11.6 Å². The minimum atomic E-state index is -4.66. The maximum atomic E-state index is 13.1. The van der Waals surface area contributed by atoms with Gasteiger partial charge < -0.3 is 9.88 Å². The van der Waals surface area contributed by atoms with E-state index in [1.165, 1.54) is 0 Å². The number of benzene rings is 1. The van der Waals surface area contributed by atoms with E-state index in [0.29, 0.717) is 30.0 Å². The van der Waals surface area contributed by atoms with Crippen LogP contribution in [0.15, 0.2) is 24.3 Å². The summed E-state index contributed by atoms with van der Waals surface area (Å²) < 4.78 is 40.0. The topological polar surface area (TPSA) is 79.2 Å². The van der Waals surface area contributed by atoms with E-state index in [2.05, 4.69) is 20.1 Å². The van der Waals surface area contributed by atoms with Gasteiger partial charge in [0, 0.05) is 58.6 Å². The highest BCUT2D eigenvalue weighted by Gasteiger charge is 2.37. The summed E-state index contributed by atoms with van der Waals surface area (Å²) in [5.41, 5.74) is 4.79. The first kappa shape index (κ1) is 19.5. The van der Waals surface area contributed by atoms with Crippen LogP contribution < -0.4 is 0 Å². The van der Waals surface area contributed by atoms with Gasteiger partial charge >= 0.3 is 6.18 Å². The summed E-state index contributed by atoms with van der Waals surface area (Å²) in [4.78, 5) is 25.9. The van der Waals surface area contributed by atoms with Crippen molar-refractivity contribution < 1.29 is 18.0 Å². The Balaban J connectivity index is 1.44. The van der Waals surface area contributed by atoms with Crippen LogP contribution in [0, 0.1) is 13.8 Å². The molecule has 0 atom stereocenters. The molecule has 1 aliphatic heterocycles. The number of carbonyl (C=O) groups is 1. The number of halogens is 3. The van der Waals surface area contributed by atoms with Crippen molar-refractivity contribution in [2.75, 3.05) is 6.54 Å². The Labute approximate surface area is 174 Å². The Hall–Kier alpha value is -3.43. The second-order valence-corrected chi connectivity index (χ2v) is 7.78. The predicted octanol–water partition coefficient (Wildman–Crippen LogP) is 3.37. The van der Waals surface area contributed by atoms with Crippen LogP contribution in [0.4, 0.5) is 13.2 Å². The van der Waals surface area contributed by atoms with Crippen molar-refractivity contribution in [2.24, 2.45) is 0 Å². The van der Waals surface area contributed by atoms with Crippen LogP contribution in [-0.4, -0.2) is 41.9 Å². The van der Waals surface area contributed by atoms with Crippen molar-refractivity contribution in [3.63, 3.8) is 0 Å². The number of alkyl halides is 3. The molecule has 0 aliphatic carbocycles. The fraction of sp³-hybridized carbons (Fsp3) is 0.333. The van der Waals surface area contributed by atoms with Gasteiger partial charge in [-0.3, -0.25) is 4.79 Å². The zero-order valence-electron chi connectivity index (χ0n) is 16.9. The molecule has 0 saturated carbocycles. The minimum absolute atomic E-state index is 0.0412. The number of aromatic nitrogens is 5. The van der Waals surface area contributed by atoms with Crippen molar-refractivity contribution in [3.05, 3.63) is 58.3 Å². The highest BCUT2D eigenvalue weighted by atomic mass is 19.4. The zero-order valence-corrected chi connectivity index (χ0v) is 16.9. The van der Waals surface area contributed by atoms with E-state index in [1.807, 2.05) is 24.3 Å². The molecule has 1 aliphatic rings. The number of carbonyl (C=O) groups excluding carboxylic acids is 1. The Morgan fingerprint density at radius 2 is 1.97 bits per heavy atom. The normalized spacial score (nSPS) is 14.4. The number of H-pyrrole nitrogens is 1. The van der Waals surface area contributed by atoms with Gasteiger partial charge in [-0.1, -0.05) is 18.2 Å². The number of para-hydroxylation sites is 1. The maximum Gasteiger partial charge on any atom is 0.453 e. The standard InChI is InChI=1S/C21H19F3N6O/c1-11-14(12(2)30-20(25-11)27-19(28-30)21(22,23)24)9-18(31)29-8-7-17-15(10-29)13-5-3-4-6-16(13)26-17/h3-6,26H,7-10H2,1-2H3. The number of fused-ring (bicyclic) bond motifs is 4. The smallest absolute Gasteiger partial charge is 0.358 e. The van der Waals surface area contributed by atoms with Gasteiger partial charge in [0.2, 0.25) is 5.91 Å². The number of rotatable bonds is 2. The summed E-state index contributed by atoms with van der Waals surface area (Å²) in [5.74, 6) is -1.46. The van der Waals surface area contributed by atoms with Crippen molar-refractivity contribution in [1.29, 1.82) is 0 Å². The molecule has 1 aromatic carbocycles. The van der Waals surface area contributed by atoms with Crippen LogP contribution in [0.2, 0.25) is 0 Å². The lowest BCUT2D eigenvalue weighted by Gasteiger charge is -2.27. The third-order valence-electron chi connectivity index (χ3n) is 5.87. The van der Waals surface area contributed by atoms with Crippen molar-refractivity contribution in [1.82, 2.24) is 29.5 Å². The first-order valence-electron chi connectivity index (χ1n) is 9.88. The second-order valence-electron chi connectivity index (χ2n) is 7.78. The first-order valence-corrected chi connectivity index (χ1v) is 9.88. The lowest BCUT2D eigenvalue weighted by molar-refractivity contribution is -0.144. The second kappa shape index (κ2) is 6.79. The number of nitrogens with zero attached hydrogens (tertiary/aromatic N) is 5. The molecule has 0 radical (unpaired) electrons. The Morgan fingerprint density at radius 3 is 2.74 bits per heavy atom. The number of nitrogens with one attached hydrogen (secondary N) is 1. The van der Waals surface area contributed by atoms with E-state index >= 15 is 0 Å². The molecule has 10 heteroatoms. The molecule has 0 bridgehead atoms. The van der Waals surface area contributed by atoms with Gasteiger partial charge in [-0.05, 0) is 19.9 Å². The van der Waals surface area contributed by atoms with Crippen LogP contribution in [0.1, 0.15) is 34.0 Å². The lowest BCUT2D eigenvalue weighted by atomic mass is 10.0. The molecule has 31 heavy (non-hydrogen) atoms. The quantitative estimate of drug-likeness (QED) is 0.531. The maximum absolute atomic E-state index is 13.1. The molecule has 5 rings (SSSR count). The Kier molecular flexibility index (Phi) is 4.28. The summed E-state index contributed by atoms with van der Waals surface area (Å²) in [6, 6.07) is 7.99. The number of hydrogen-bond donors (Lipinski definition) is 1. The van der Waals surface area contributed by atoms with E-state index in [9.17, 15) is 18.0 Å². The van der Waals surface area contributed by atoms with Gasteiger partial charge in [-0.25, -0.2) is 9.50 Å². The SMILES string of the molecule is Cc1nc2nc(C(F)(F)F)nn2c(C)c1CC(=O)N1CCc2[nH]c3ccccc3c2C1. The zero-order chi connectivity index (χ0) is 21.9. The molecule has 0 saturated heterocycles. The Bertz CT molecular complexity index is 1340. The van der Waals surface area contributed by atoms with Gasteiger partial charge in [-0.2, -0.15) is 18.2 Å². The average Bonchev–Trinajstić information content (AvgIpc) is 3.32. The molecule has 4 aromatic rings. The summed E-state index contributed by atoms with van der Waals surface area (Å²) in [5, 5.41) is 4.66.